The molecule has 1 rings (SSSR count). The van der Waals surface area contributed by atoms with Crippen LogP contribution in [0.25, 0.3) is 0 Å². The third-order valence-corrected chi connectivity index (χ3v) is 3.00. The van der Waals surface area contributed by atoms with E-state index in [0.29, 0.717) is 5.41 Å². The topological polar surface area (TPSA) is 29.3 Å². The van der Waals surface area contributed by atoms with Crippen LogP contribution < -0.4 is 5.73 Å². The summed E-state index contributed by atoms with van der Waals surface area (Å²) in [4.78, 5) is 2.50. The first-order valence-electron chi connectivity index (χ1n) is 4.62. The lowest BCUT2D eigenvalue weighted by molar-refractivity contribution is 0.129. The molecule has 0 amide bonds. The maximum Gasteiger partial charge on any atom is -0.00132 e. The summed E-state index contributed by atoms with van der Waals surface area (Å²) in [5, 5.41) is 0. The Bertz CT molecular complexity index is 115. The van der Waals surface area contributed by atoms with E-state index in [1.54, 1.807) is 0 Å². The first-order chi connectivity index (χ1) is 5.20. The van der Waals surface area contributed by atoms with Gasteiger partial charge in [-0.05, 0) is 44.4 Å². The van der Waals surface area contributed by atoms with E-state index in [4.69, 9.17) is 5.73 Å². The highest BCUT2D eigenvalue weighted by atomic mass is 15.1. The van der Waals surface area contributed by atoms with Gasteiger partial charge in [0.2, 0.25) is 0 Å². The van der Waals surface area contributed by atoms with Crippen LogP contribution in [0.3, 0.4) is 0 Å². The van der Waals surface area contributed by atoms with Gasteiger partial charge in [0, 0.05) is 0 Å². The number of hydrogen-bond donors (Lipinski definition) is 1. The van der Waals surface area contributed by atoms with Gasteiger partial charge in [-0.15, -0.1) is 0 Å². The fourth-order valence-electron chi connectivity index (χ4n) is 1.61. The Morgan fingerprint density at radius 1 is 1.36 bits per heavy atom. The quantitative estimate of drug-likeness (QED) is 0.648. The van der Waals surface area contributed by atoms with Gasteiger partial charge in [-0.2, -0.15) is 0 Å². The van der Waals surface area contributed by atoms with Gasteiger partial charge in [0.15, 0.2) is 0 Å². The minimum absolute atomic E-state index is 0.436. The van der Waals surface area contributed by atoms with Crippen molar-refractivity contribution in [2.24, 2.45) is 11.1 Å². The van der Waals surface area contributed by atoms with Crippen molar-refractivity contribution in [1.82, 2.24) is 4.90 Å². The molecule has 0 bridgehead atoms. The Balaban J connectivity index is 2.35. The highest BCUT2D eigenvalue weighted by Crippen LogP contribution is 2.28. The summed E-state index contributed by atoms with van der Waals surface area (Å²) in [5.74, 6) is 0. The Labute approximate surface area is 69.8 Å². The maximum absolute atomic E-state index is 5.71. The van der Waals surface area contributed by atoms with Gasteiger partial charge in [-0.25, -0.2) is 0 Å². The standard InChI is InChI=1S/C9H20N2/c1-3-11-6-4-9(2,8-10)5-7-11/h3-8,10H2,1-2H3. The molecule has 2 nitrogen and oxygen atoms in total. The van der Waals surface area contributed by atoms with Gasteiger partial charge in [0.1, 0.15) is 0 Å². The Kier molecular flexibility index (Phi) is 2.90. The van der Waals surface area contributed by atoms with Crippen LogP contribution in [0, 0.1) is 5.41 Å². The molecular weight excluding hydrogens is 136 g/mol. The molecule has 1 fully saturated rings. The molecule has 1 aliphatic heterocycles. The average molecular weight is 156 g/mol. The summed E-state index contributed by atoms with van der Waals surface area (Å²) in [6, 6.07) is 0. The van der Waals surface area contributed by atoms with E-state index in [1.807, 2.05) is 0 Å². The lowest BCUT2D eigenvalue weighted by Crippen LogP contribution is -2.41. The van der Waals surface area contributed by atoms with Crippen molar-refractivity contribution in [3.63, 3.8) is 0 Å². The summed E-state index contributed by atoms with van der Waals surface area (Å²) < 4.78 is 0. The summed E-state index contributed by atoms with van der Waals surface area (Å²) >= 11 is 0. The van der Waals surface area contributed by atoms with E-state index in [0.717, 1.165) is 6.54 Å². The minimum Gasteiger partial charge on any atom is -0.330 e. The third kappa shape index (κ3) is 2.17. The van der Waals surface area contributed by atoms with E-state index in [2.05, 4.69) is 18.7 Å². The largest absolute Gasteiger partial charge is 0.330 e. The number of hydrogen-bond acceptors (Lipinski definition) is 2. The molecular formula is C9H20N2. The Hall–Kier alpha value is -0.0800. The van der Waals surface area contributed by atoms with Gasteiger partial charge in [0.25, 0.3) is 0 Å². The van der Waals surface area contributed by atoms with E-state index < -0.39 is 0 Å². The molecule has 0 aromatic carbocycles. The molecule has 11 heavy (non-hydrogen) atoms. The molecule has 66 valence electrons. The first kappa shape index (κ1) is 9.01. The normalized spacial score (nSPS) is 25.4. The SMILES string of the molecule is CCN1CCC(C)(CN)CC1. The van der Waals surface area contributed by atoms with Crippen molar-refractivity contribution in [2.75, 3.05) is 26.2 Å². The maximum atomic E-state index is 5.71. The predicted octanol–water partition coefficient (Wildman–Crippen LogP) is 1.07. The fourth-order valence-corrected chi connectivity index (χ4v) is 1.61. The number of likely N-dealkylation sites (tertiary alicyclic amines) is 1. The molecule has 0 atom stereocenters. The number of piperidine rings is 1. The number of rotatable bonds is 2. The molecule has 1 aliphatic rings. The summed E-state index contributed by atoms with van der Waals surface area (Å²) in [6.07, 6.45) is 2.55. The molecule has 2 heteroatoms. The highest BCUT2D eigenvalue weighted by Gasteiger charge is 2.27. The zero-order valence-corrected chi connectivity index (χ0v) is 7.77. The van der Waals surface area contributed by atoms with Gasteiger partial charge in [-0.3, -0.25) is 0 Å². The third-order valence-electron chi connectivity index (χ3n) is 3.00. The van der Waals surface area contributed by atoms with Crippen LogP contribution in [0.5, 0.6) is 0 Å². The van der Waals surface area contributed by atoms with Crippen LogP contribution >= 0.6 is 0 Å². The summed E-state index contributed by atoms with van der Waals surface area (Å²) in [6.45, 7) is 9.06. The van der Waals surface area contributed by atoms with Crippen molar-refractivity contribution in [3.8, 4) is 0 Å². The molecule has 1 saturated heterocycles. The Morgan fingerprint density at radius 2 is 1.91 bits per heavy atom. The number of nitrogens with zero attached hydrogens (tertiary/aromatic N) is 1. The van der Waals surface area contributed by atoms with Crippen LogP contribution in [0.2, 0.25) is 0 Å². The van der Waals surface area contributed by atoms with Crippen LogP contribution in [0.4, 0.5) is 0 Å². The van der Waals surface area contributed by atoms with Crippen LogP contribution in [0.1, 0.15) is 26.7 Å². The second-order valence-corrected chi connectivity index (χ2v) is 3.95. The predicted molar refractivity (Wildman–Crippen MR) is 48.5 cm³/mol. The molecule has 0 saturated carbocycles. The molecule has 2 N–H and O–H groups in total. The van der Waals surface area contributed by atoms with E-state index in [-0.39, 0.29) is 0 Å². The van der Waals surface area contributed by atoms with Crippen LogP contribution in [0.15, 0.2) is 0 Å². The van der Waals surface area contributed by atoms with Crippen molar-refractivity contribution in [2.45, 2.75) is 26.7 Å². The smallest absolute Gasteiger partial charge is 0.00132 e. The molecule has 0 aromatic heterocycles. The van der Waals surface area contributed by atoms with Crippen LogP contribution in [-0.2, 0) is 0 Å². The van der Waals surface area contributed by atoms with Gasteiger partial charge in [-0.1, -0.05) is 13.8 Å². The first-order valence-corrected chi connectivity index (χ1v) is 4.62. The second kappa shape index (κ2) is 3.55. The number of nitrogens with two attached hydrogens (primary N) is 1. The van der Waals surface area contributed by atoms with Crippen molar-refractivity contribution >= 4 is 0 Å². The fraction of sp³-hybridized carbons (Fsp3) is 1.00. The zero-order chi connectivity index (χ0) is 8.32. The molecule has 0 unspecified atom stereocenters. The molecule has 1 heterocycles. The van der Waals surface area contributed by atoms with Gasteiger partial charge >= 0.3 is 0 Å². The zero-order valence-electron chi connectivity index (χ0n) is 7.77. The van der Waals surface area contributed by atoms with E-state index in [1.165, 1.54) is 32.5 Å². The summed E-state index contributed by atoms with van der Waals surface area (Å²) in [5.41, 5.74) is 6.14. The van der Waals surface area contributed by atoms with E-state index in [9.17, 15) is 0 Å². The van der Waals surface area contributed by atoms with Gasteiger partial charge in [0.05, 0.1) is 0 Å². The lowest BCUT2D eigenvalue weighted by atomic mass is 9.80. The molecule has 0 spiro atoms. The van der Waals surface area contributed by atoms with Crippen molar-refractivity contribution in [1.29, 1.82) is 0 Å². The second-order valence-electron chi connectivity index (χ2n) is 3.95. The lowest BCUT2D eigenvalue weighted by Gasteiger charge is -2.38. The average Bonchev–Trinajstić information content (AvgIpc) is 2.06. The Morgan fingerprint density at radius 3 is 2.27 bits per heavy atom. The van der Waals surface area contributed by atoms with Crippen molar-refractivity contribution < 1.29 is 0 Å². The van der Waals surface area contributed by atoms with Gasteiger partial charge < -0.3 is 10.6 Å². The molecule has 0 aliphatic carbocycles. The van der Waals surface area contributed by atoms with Crippen LogP contribution in [-0.4, -0.2) is 31.1 Å². The monoisotopic (exact) mass is 156 g/mol. The highest BCUT2D eigenvalue weighted by molar-refractivity contribution is 4.82. The minimum atomic E-state index is 0.436. The van der Waals surface area contributed by atoms with E-state index >= 15 is 0 Å². The summed E-state index contributed by atoms with van der Waals surface area (Å²) in [7, 11) is 0. The molecule has 0 radical (unpaired) electrons. The molecule has 0 aromatic rings. The van der Waals surface area contributed by atoms with Crippen molar-refractivity contribution in [3.05, 3.63) is 0 Å².